The van der Waals surface area contributed by atoms with Crippen molar-refractivity contribution in [2.75, 3.05) is 26.2 Å². The van der Waals surface area contributed by atoms with E-state index in [4.69, 9.17) is 0 Å². The predicted molar refractivity (Wildman–Crippen MR) is 72.0 cm³/mol. The van der Waals surface area contributed by atoms with Gasteiger partial charge in [-0.3, -0.25) is 9.89 Å². The maximum absolute atomic E-state index is 12.5. The lowest BCUT2D eigenvalue weighted by molar-refractivity contribution is 0.0766. The van der Waals surface area contributed by atoms with Crippen molar-refractivity contribution in [3.8, 4) is 0 Å². The van der Waals surface area contributed by atoms with E-state index in [0.29, 0.717) is 11.2 Å². The van der Waals surface area contributed by atoms with Gasteiger partial charge < -0.3 is 10.2 Å². The van der Waals surface area contributed by atoms with Crippen LogP contribution in [-0.4, -0.2) is 52.2 Å². The van der Waals surface area contributed by atoms with E-state index in [1.54, 1.807) is 6.20 Å². The molecule has 0 radical (unpaired) electrons. The highest BCUT2D eigenvalue weighted by molar-refractivity contribution is 5.97. The van der Waals surface area contributed by atoms with Crippen LogP contribution in [0.2, 0.25) is 0 Å². The minimum absolute atomic E-state index is 0.0544. The maximum atomic E-state index is 12.5. The molecule has 2 aromatic heterocycles. The minimum Gasteiger partial charge on any atom is -0.337 e. The normalized spacial score (nSPS) is 16.6. The Labute approximate surface area is 111 Å². The van der Waals surface area contributed by atoms with Gasteiger partial charge in [0.05, 0.1) is 5.56 Å². The van der Waals surface area contributed by atoms with Gasteiger partial charge in [-0.15, -0.1) is 0 Å². The lowest BCUT2D eigenvalue weighted by Crippen LogP contribution is -2.34. The molecule has 0 spiro atoms. The SMILES string of the molecule is Cc1[nH]nc2ncc(C(=O)N3CCCNCC3)cc12. The number of aromatic amines is 1. The number of nitrogens with zero attached hydrogens (tertiary/aromatic N) is 3. The van der Waals surface area contributed by atoms with Crippen molar-refractivity contribution in [2.24, 2.45) is 0 Å². The van der Waals surface area contributed by atoms with Crippen LogP contribution in [0.5, 0.6) is 0 Å². The van der Waals surface area contributed by atoms with Crippen molar-refractivity contribution in [3.05, 3.63) is 23.5 Å². The van der Waals surface area contributed by atoms with E-state index in [2.05, 4.69) is 20.5 Å². The van der Waals surface area contributed by atoms with Gasteiger partial charge in [-0.1, -0.05) is 0 Å². The summed E-state index contributed by atoms with van der Waals surface area (Å²) in [7, 11) is 0. The summed E-state index contributed by atoms with van der Waals surface area (Å²) in [4.78, 5) is 18.6. The zero-order valence-electron chi connectivity index (χ0n) is 10.9. The molecule has 3 heterocycles. The Morgan fingerprint density at radius 2 is 2.26 bits per heavy atom. The minimum atomic E-state index is 0.0544. The van der Waals surface area contributed by atoms with Crippen LogP contribution in [0, 0.1) is 6.92 Å². The second-order valence-corrected chi connectivity index (χ2v) is 4.84. The molecular weight excluding hydrogens is 242 g/mol. The van der Waals surface area contributed by atoms with Crippen molar-refractivity contribution >= 4 is 16.9 Å². The van der Waals surface area contributed by atoms with Crippen LogP contribution in [-0.2, 0) is 0 Å². The molecular formula is C13H17N5O. The van der Waals surface area contributed by atoms with E-state index in [9.17, 15) is 4.79 Å². The average molecular weight is 259 g/mol. The number of carbonyl (C=O) groups excluding carboxylic acids is 1. The van der Waals surface area contributed by atoms with Gasteiger partial charge in [0.15, 0.2) is 5.65 Å². The van der Waals surface area contributed by atoms with Crippen LogP contribution < -0.4 is 5.32 Å². The van der Waals surface area contributed by atoms with Crippen molar-refractivity contribution in [1.82, 2.24) is 25.4 Å². The summed E-state index contributed by atoms with van der Waals surface area (Å²) in [5, 5.41) is 11.2. The Bertz CT molecular complexity index is 598. The number of H-pyrrole nitrogens is 1. The molecule has 3 rings (SSSR count). The van der Waals surface area contributed by atoms with Crippen LogP contribution in [0.15, 0.2) is 12.3 Å². The zero-order chi connectivity index (χ0) is 13.2. The number of amides is 1. The number of aromatic nitrogens is 3. The van der Waals surface area contributed by atoms with Crippen molar-refractivity contribution < 1.29 is 4.79 Å². The lowest BCUT2D eigenvalue weighted by atomic mass is 10.2. The fraction of sp³-hybridized carbons (Fsp3) is 0.462. The summed E-state index contributed by atoms with van der Waals surface area (Å²) in [6, 6.07) is 1.88. The van der Waals surface area contributed by atoms with E-state index in [1.807, 2.05) is 17.9 Å². The Morgan fingerprint density at radius 3 is 3.16 bits per heavy atom. The van der Waals surface area contributed by atoms with Gasteiger partial charge in [-0.2, -0.15) is 5.10 Å². The first-order chi connectivity index (χ1) is 9.25. The third-order valence-corrected chi connectivity index (χ3v) is 3.47. The van der Waals surface area contributed by atoms with Gasteiger partial charge in [-0.05, 0) is 26.0 Å². The molecule has 0 atom stereocenters. The summed E-state index contributed by atoms with van der Waals surface area (Å²) in [6.07, 6.45) is 2.61. The fourth-order valence-electron chi connectivity index (χ4n) is 2.37. The van der Waals surface area contributed by atoms with Crippen LogP contribution in [0.1, 0.15) is 22.5 Å². The van der Waals surface area contributed by atoms with E-state index in [-0.39, 0.29) is 5.91 Å². The zero-order valence-corrected chi connectivity index (χ0v) is 10.9. The van der Waals surface area contributed by atoms with E-state index in [1.165, 1.54) is 0 Å². The Kier molecular flexibility index (Phi) is 3.16. The highest BCUT2D eigenvalue weighted by Crippen LogP contribution is 2.16. The summed E-state index contributed by atoms with van der Waals surface area (Å²) in [6.45, 7) is 5.31. The number of hydrogen-bond donors (Lipinski definition) is 2. The molecule has 0 saturated carbocycles. The van der Waals surface area contributed by atoms with Crippen LogP contribution >= 0.6 is 0 Å². The highest BCUT2D eigenvalue weighted by Gasteiger charge is 2.18. The lowest BCUT2D eigenvalue weighted by Gasteiger charge is -2.19. The van der Waals surface area contributed by atoms with Crippen LogP contribution in [0.3, 0.4) is 0 Å². The first-order valence-corrected chi connectivity index (χ1v) is 6.56. The summed E-state index contributed by atoms with van der Waals surface area (Å²) in [5.74, 6) is 0.0544. The van der Waals surface area contributed by atoms with E-state index >= 15 is 0 Å². The molecule has 0 unspecified atom stereocenters. The number of rotatable bonds is 1. The fourth-order valence-corrected chi connectivity index (χ4v) is 2.37. The molecule has 2 aromatic rings. The molecule has 6 nitrogen and oxygen atoms in total. The summed E-state index contributed by atoms with van der Waals surface area (Å²) in [5.41, 5.74) is 2.24. The van der Waals surface area contributed by atoms with E-state index in [0.717, 1.165) is 43.7 Å². The first-order valence-electron chi connectivity index (χ1n) is 6.56. The van der Waals surface area contributed by atoms with Crippen LogP contribution in [0.4, 0.5) is 0 Å². The van der Waals surface area contributed by atoms with Crippen LogP contribution in [0.25, 0.3) is 11.0 Å². The van der Waals surface area contributed by atoms with Gasteiger partial charge in [0.2, 0.25) is 0 Å². The molecule has 6 heteroatoms. The Balaban J connectivity index is 1.89. The van der Waals surface area contributed by atoms with Gasteiger partial charge in [0.1, 0.15) is 0 Å². The second-order valence-electron chi connectivity index (χ2n) is 4.84. The van der Waals surface area contributed by atoms with E-state index < -0.39 is 0 Å². The van der Waals surface area contributed by atoms with Crippen molar-refractivity contribution in [3.63, 3.8) is 0 Å². The number of aryl methyl sites for hydroxylation is 1. The monoisotopic (exact) mass is 259 g/mol. The number of pyridine rings is 1. The third-order valence-electron chi connectivity index (χ3n) is 3.47. The Morgan fingerprint density at radius 1 is 1.37 bits per heavy atom. The molecule has 0 bridgehead atoms. The summed E-state index contributed by atoms with van der Waals surface area (Å²) >= 11 is 0. The molecule has 1 saturated heterocycles. The molecule has 1 amide bonds. The Hall–Kier alpha value is -1.95. The van der Waals surface area contributed by atoms with Gasteiger partial charge >= 0.3 is 0 Å². The molecule has 1 aliphatic heterocycles. The standard InChI is InChI=1S/C13H17N5O/c1-9-11-7-10(8-15-12(11)17-16-9)13(19)18-5-2-3-14-4-6-18/h7-8,14H,2-6H2,1H3,(H,15,16,17). The maximum Gasteiger partial charge on any atom is 0.255 e. The van der Waals surface area contributed by atoms with Gasteiger partial charge in [0, 0.05) is 36.9 Å². The predicted octanol–water partition coefficient (Wildman–Crippen LogP) is 0.702. The molecule has 0 aliphatic carbocycles. The number of fused-ring (bicyclic) bond motifs is 1. The molecule has 100 valence electrons. The van der Waals surface area contributed by atoms with Gasteiger partial charge in [-0.25, -0.2) is 4.98 Å². The highest BCUT2D eigenvalue weighted by atomic mass is 16.2. The number of hydrogen-bond acceptors (Lipinski definition) is 4. The third kappa shape index (κ3) is 2.31. The second kappa shape index (κ2) is 4.97. The average Bonchev–Trinajstić information content (AvgIpc) is 2.67. The smallest absolute Gasteiger partial charge is 0.255 e. The molecule has 1 fully saturated rings. The quantitative estimate of drug-likeness (QED) is 0.790. The topological polar surface area (TPSA) is 73.9 Å². The molecule has 19 heavy (non-hydrogen) atoms. The molecule has 1 aliphatic rings. The number of carbonyl (C=O) groups is 1. The molecule has 2 N–H and O–H groups in total. The largest absolute Gasteiger partial charge is 0.337 e. The summed E-state index contributed by atoms with van der Waals surface area (Å²) < 4.78 is 0. The number of nitrogens with one attached hydrogen (secondary N) is 2. The van der Waals surface area contributed by atoms with Crippen molar-refractivity contribution in [1.29, 1.82) is 0 Å². The van der Waals surface area contributed by atoms with Crippen molar-refractivity contribution in [2.45, 2.75) is 13.3 Å². The van der Waals surface area contributed by atoms with Gasteiger partial charge in [0.25, 0.3) is 5.91 Å². The molecule has 0 aromatic carbocycles. The first kappa shape index (κ1) is 12.1.